The molecule has 0 spiro atoms. The summed E-state index contributed by atoms with van der Waals surface area (Å²) in [5, 5.41) is 11.4. The number of halogens is 2. The summed E-state index contributed by atoms with van der Waals surface area (Å²) in [5.74, 6) is 0.245. The summed E-state index contributed by atoms with van der Waals surface area (Å²) in [7, 11) is 0. The lowest BCUT2D eigenvalue weighted by atomic mass is 9.88. The van der Waals surface area contributed by atoms with Crippen LogP contribution in [0.5, 0.6) is 0 Å². The van der Waals surface area contributed by atoms with Crippen LogP contribution in [0.4, 0.5) is 0 Å². The van der Waals surface area contributed by atoms with Crippen molar-refractivity contribution in [2.75, 3.05) is 13.1 Å². The highest BCUT2D eigenvalue weighted by Crippen LogP contribution is 2.26. The number of hydrogen-bond acceptors (Lipinski definition) is 3. The molecule has 0 aromatic heterocycles. The van der Waals surface area contributed by atoms with Crippen molar-refractivity contribution in [3.8, 4) is 0 Å². The number of hydrogen-bond donors (Lipinski definition) is 2. The summed E-state index contributed by atoms with van der Waals surface area (Å²) in [6.45, 7) is 4.45. The van der Waals surface area contributed by atoms with Gasteiger partial charge in [-0.05, 0) is 36.5 Å². The minimum Gasteiger partial charge on any atom is -0.393 e. The van der Waals surface area contributed by atoms with E-state index in [0.29, 0.717) is 10.0 Å². The first-order valence-electron chi connectivity index (χ1n) is 7.09. The van der Waals surface area contributed by atoms with E-state index in [1.54, 1.807) is 6.07 Å². The van der Waals surface area contributed by atoms with E-state index in [0.717, 1.165) is 38.0 Å². The fourth-order valence-electron chi connectivity index (χ4n) is 2.91. The fraction of sp³-hybridized carbons (Fsp3) is 0.600. The number of nitrogens with two attached hydrogens (primary N) is 1. The molecule has 1 saturated heterocycles. The second kappa shape index (κ2) is 7.10. The highest BCUT2D eigenvalue weighted by atomic mass is 35.5. The number of aliphatic hydroxyl groups is 1. The lowest BCUT2D eigenvalue weighted by Crippen LogP contribution is -2.49. The molecule has 3 atom stereocenters. The van der Waals surface area contributed by atoms with Gasteiger partial charge in [0.25, 0.3) is 0 Å². The first kappa shape index (κ1) is 16.1. The Morgan fingerprint density at radius 2 is 2.15 bits per heavy atom. The number of rotatable bonds is 4. The van der Waals surface area contributed by atoms with E-state index >= 15 is 0 Å². The summed E-state index contributed by atoms with van der Waals surface area (Å²) < 4.78 is 0. The van der Waals surface area contributed by atoms with Crippen LogP contribution in [0, 0.1) is 5.92 Å². The molecule has 3 N–H and O–H groups in total. The smallest absolute Gasteiger partial charge is 0.0578 e. The summed E-state index contributed by atoms with van der Waals surface area (Å²) in [5.41, 5.74) is 7.17. The second-order valence-corrected chi connectivity index (χ2v) is 6.50. The molecule has 1 aromatic rings. The standard InChI is InChI=1S/C15H22Cl2N2O/c1-2-15(20)11-5-13(18)9-19(8-11)7-10-3-4-12(16)6-14(10)17/h3-4,6,11,13,15,20H,2,5,7-9,18H2,1H3. The molecule has 1 aromatic carbocycles. The zero-order valence-electron chi connectivity index (χ0n) is 11.7. The van der Waals surface area contributed by atoms with Crippen LogP contribution < -0.4 is 5.73 Å². The van der Waals surface area contributed by atoms with E-state index < -0.39 is 0 Å². The Kier molecular flexibility index (Phi) is 5.70. The molecular formula is C15H22Cl2N2O. The number of likely N-dealkylation sites (tertiary alicyclic amines) is 1. The van der Waals surface area contributed by atoms with Crippen molar-refractivity contribution in [1.29, 1.82) is 0 Å². The molecule has 3 unspecified atom stereocenters. The third-order valence-corrected chi connectivity index (χ3v) is 4.55. The molecule has 1 fully saturated rings. The first-order valence-corrected chi connectivity index (χ1v) is 7.85. The molecule has 1 aliphatic rings. The zero-order chi connectivity index (χ0) is 14.7. The lowest BCUT2D eigenvalue weighted by molar-refractivity contribution is 0.0388. The van der Waals surface area contributed by atoms with Crippen LogP contribution in [0.15, 0.2) is 18.2 Å². The molecular weight excluding hydrogens is 295 g/mol. The topological polar surface area (TPSA) is 49.5 Å². The normalized spacial score (nSPS) is 25.6. The van der Waals surface area contributed by atoms with Gasteiger partial charge in [0.05, 0.1) is 6.10 Å². The average Bonchev–Trinajstić information content (AvgIpc) is 2.40. The largest absolute Gasteiger partial charge is 0.393 e. The van der Waals surface area contributed by atoms with Crippen LogP contribution >= 0.6 is 23.2 Å². The Bertz CT molecular complexity index is 455. The SMILES string of the molecule is CCC(O)C1CC(N)CN(Cc2ccc(Cl)cc2Cl)C1. The van der Waals surface area contributed by atoms with Crippen molar-refractivity contribution in [2.24, 2.45) is 11.7 Å². The number of benzene rings is 1. The second-order valence-electron chi connectivity index (χ2n) is 5.66. The van der Waals surface area contributed by atoms with Crippen molar-refractivity contribution in [2.45, 2.75) is 38.5 Å². The van der Waals surface area contributed by atoms with E-state index in [4.69, 9.17) is 28.9 Å². The molecule has 1 heterocycles. The minimum atomic E-state index is -0.274. The maximum absolute atomic E-state index is 10.0. The minimum absolute atomic E-state index is 0.112. The monoisotopic (exact) mass is 316 g/mol. The van der Waals surface area contributed by atoms with Crippen LogP contribution in [0.3, 0.4) is 0 Å². The molecule has 0 bridgehead atoms. The average molecular weight is 317 g/mol. The van der Waals surface area contributed by atoms with Gasteiger partial charge in [-0.1, -0.05) is 36.2 Å². The third kappa shape index (κ3) is 4.09. The van der Waals surface area contributed by atoms with Crippen molar-refractivity contribution in [3.05, 3.63) is 33.8 Å². The first-order chi connectivity index (χ1) is 9.49. The zero-order valence-corrected chi connectivity index (χ0v) is 13.2. The van der Waals surface area contributed by atoms with E-state index in [-0.39, 0.29) is 18.1 Å². The highest BCUT2D eigenvalue weighted by molar-refractivity contribution is 6.35. The van der Waals surface area contributed by atoms with Gasteiger partial charge in [-0.3, -0.25) is 4.90 Å². The lowest BCUT2D eigenvalue weighted by Gasteiger charge is -2.38. The number of piperidine rings is 1. The summed E-state index contributed by atoms with van der Waals surface area (Å²) >= 11 is 12.1. The molecule has 5 heteroatoms. The van der Waals surface area contributed by atoms with Gasteiger partial charge in [-0.15, -0.1) is 0 Å². The van der Waals surface area contributed by atoms with Gasteiger partial charge in [-0.25, -0.2) is 0 Å². The van der Waals surface area contributed by atoms with Crippen LogP contribution in [-0.4, -0.2) is 35.2 Å². The molecule has 2 rings (SSSR count). The third-order valence-electron chi connectivity index (χ3n) is 3.96. The maximum Gasteiger partial charge on any atom is 0.0578 e. The summed E-state index contributed by atoms with van der Waals surface area (Å²) in [6.07, 6.45) is 1.39. The number of aliphatic hydroxyl groups excluding tert-OH is 1. The predicted molar refractivity (Wildman–Crippen MR) is 84.1 cm³/mol. The van der Waals surface area contributed by atoms with Crippen molar-refractivity contribution in [3.63, 3.8) is 0 Å². The molecule has 20 heavy (non-hydrogen) atoms. The fourth-order valence-corrected chi connectivity index (χ4v) is 3.38. The molecule has 0 amide bonds. The van der Waals surface area contributed by atoms with Gasteiger partial charge in [0.1, 0.15) is 0 Å². The van der Waals surface area contributed by atoms with Gasteiger partial charge in [0.15, 0.2) is 0 Å². The Hall–Kier alpha value is -0.320. The van der Waals surface area contributed by atoms with E-state index in [9.17, 15) is 5.11 Å². The van der Waals surface area contributed by atoms with Gasteiger partial charge in [0.2, 0.25) is 0 Å². The van der Waals surface area contributed by atoms with E-state index in [2.05, 4.69) is 4.90 Å². The van der Waals surface area contributed by atoms with Crippen molar-refractivity contribution >= 4 is 23.2 Å². The maximum atomic E-state index is 10.0. The van der Waals surface area contributed by atoms with Gasteiger partial charge in [0, 0.05) is 35.7 Å². The molecule has 0 radical (unpaired) electrons. The molecule has 0 saturated carbocycles. The predicted octanol–water partition coefficient (Wildman–Crippen LogP) is 2.91. The van der Waals surface area contributed by atoms with Gasteiger partial charge < -0.3 is 10.8 Å². The quantitative estimate of drug-likeness (QED) is 0.898. The number of nitrogens with zero attached hydrogens (tertiary/aromatic N) is 1. The van der Waals surface area contributed by atoms with Gasteiger partial charge >= 0.3 is 0 Å². The van der Waals surface area contributed by atoms with Gasteiger partial charge in [-0.2, -0.15) is 0 Å². The highest BCUT2D eigenvalue weighted by Gasteiger charge is 2.29. The van der Waals surface area contributed by atoms with Crippen LogP contribution in [0.2, 0.25) is 10.0 Å². The Balaban J connectivity index is 2.04. The Morgan fingerprint density at radius 1 is 1.40 bits per heavy atom. The molecule has 1 aliphatic heterocycles. The Morgan fingerprint density at radius 3 is 2.80 bits per heavy atom. The van der Waals surface area contributed by atoms with Crippen LogP contribution in [-0.2, 0) is 6.54 Å². The van der Waals surface area contributed by atoms with E-state index in [1.165, 1.54) is 0 Å². The molecule has 0 aliphatic carbocycles. The van der Waals surface area contributed by atoms with Crippen LogP contribution in [0.1, 0.15) is 25.3 Å². The van der Waals surface area contributed by atoms with E-state index in [1.807, 2.05) is 19.1 Å². The molecule has 3 nitrogen and oxygen atoms in total. The summed E-state index contributed by atoms with van der Waals surface area (Å²) in [6, 6.07) is 5.68. The van der Waals surface area contributed by atoms with Crippen molar-refractivity contribution < 1.29 is 5.11 Å². The molecule has 112 valence electrons. The van der Waals surface area contributed by atoms with Crippen molar-refractivity contribution in [1.82, 2.24) is 4.90 Å². The Labute approximate surface area is 130 Å². The summed E-state index contributed by atoms with van der Waals surface area (Å²) in [4.78, 5) is 2.27. The van der Waals surface area contributed by atoms with Crippen LogP contribution in [0.25, 0.3) is 0 Å².